The van der Waals surface area contributed by atoms with Crippen LogP contribution in [0.3, 0.4) is 0 Å². The second-order valence-corrected chi connectivity index (χ2v) is 6.97. The van der Waals surface area contributed by atoms with Crippen molar-refractivity contribution < 1.29 is 4.79 Å². The van der Waals surface area contributed by atoms with Gasteiger partial charge in [0.25, 0.3) is 5.91 Å². The highest BCUT2D eigenvalue weighted by atomic mass is 79.9. The summed E-state index contributed by atoms with van der Waals surface area (Å²) in [7, 11) is 0. The number of aromatic nitrogens is 1. The Morgan fingerprint density at radius 1 is 1.43 bits per heavy atom. The second-order valence-electron chi connectivity index (χ2n) is 6.06. The van der Waals surface area contributed by atoms with Crippen LogP contribution in [0.1, 0.15) is 50.1 Å². The predicted octanol–water partition coefficient (Wildman–Crippen LogP) is 3.45. The molecule has 0 aliphatic carbocycles. The van der Waals surface area contributed by atoms with Crippen LogP contribution >= 0.6 is 28.3 Å². The Balaban J connectivity index is 0.00000220. The molecule has 2 heterocycles. The van der Waals surface area contributed by atoms with Gasteiger partial charge in [-0.15, -0.1) is 12.4 Å². The van der Waals surface area contributed by atoms with E-state index >= 15 is 0 Å². The highest BCUT2D eigenvalue weighted by molar-refractivity contribution is 9.10. The van der Waals surface area contributed by atoms with Crippen LogP contribution in [-0.4, -0.2) is 34.5 Å². The van der Waals surface area contributed by atoms with Gasteiger partial charge < -0.3 is 15.2 Å². The second kappa shape index (κ2) is 7.65. The first-order valence-corrected chi connectivity index (χ1v) is 8.11. The average molecular weight is 379 g/mol. The van der Waals surface area contributed by atoms with Crippen molar-refractivity contribution in [1.82, 2.24) is 9.47 Å². The Bertz CT molecular complexity index is 487. The zero-order chi connectivity index (χ0) is 14.9. The summed E-state index contributed by atoms with van der Waals surface area (Å²) < 4.78 is 2.98. The van der Waals surface area contributed by atoms with Gasteiger partial charge in [0.05, 0.1) is 0 Å². The van der Waals surface area contributed by atoms with Crippen LogP contribution in [0.5, 0.6) is 0 Å². The predicted molar refractivity (Wildman–Crippen MR) is 92.0 cm³/mol. The summed E-state index contributed by atoms with van der Waals surface area (Å²) in [5.74, 6) is 0.536. The molecule has 0 aromatic carbocycles. The summed E-state index contributed by atoms with van der Waals surface area (Å²) in [6, 6.07) is 2.33. The summed E-state index contributed by atoms with van der Waals surface area (Å²) in [6.45, 7) is 7.82. The molecule has 2 atom stereocenters. The summed E-state index contributed by atoms with van der Waals surface area (Å²) in [5.41, 5.74) is 6.76. The molecule has 0 bridgehead atoms. The Kier molecular flexibility index (Phi) is 6.75. The summed E-state index contributed by atoms with van der Waals surface area (Å²) in [6.07, 6.45) is 4.14. The minimum atomic E-state index is 0. The lowest BCUT2D eigenvalue weighted by molar-refractivity contribution is 0.0648. The Hall–Kier alpha value is -0.520. The van der Waals surface area contributed by atoms with E-state index in [0.29, 0.717) is 5.92 Å². The topological polar surface area (TPSA) is 51.3 Å². The fraction of sp³-hybridized carbons (Fsp3) is 0.667. The molecule has 1 aliphatic heterocycles. The van der Waals surface area contributed by atoms with E-state index in [1.165, 1.54) is 0 Å². The van der Waals surface area contributed by atoms with Gasteiger partial charge in [-0.1, -0.05) is 0 Å². The Morgan fingerprint density at radius 2 is 2.10 bits per heavy atom. The maximum atomic E-state index is 12.7. The summed E-state index contributed by atoms with van der Waals surface area (Å²) in [4.78, 5) is 14.7. The number of carbonyl (C=O) groups excluding carboxylic acids is 1. The molecule has 2 N–H and O–H groups in total. The van der Waals surface area contributed by atoms with Crippen LogP contribution in [0, 0.1) is 5.92 Å². The molecule has 1 amide bonds. The number of piperidine rings is 1. The van der Waals surface area contributed by atoms with E-state index in [-0.39, 0.29) is 30.4 Å². The summed E-state index contributed by atoms with van der Waals surface area (Å²) >= 11 is 3.47. The molecular formula is C15H25BrClN3O. The van der Waals surface area contributed by atoms with Crippen molar-refractivity contribution in [1.29, 1.82) is 0 Å². The van der Waals surface area contributed by atoms with Gasteiger partial charge >= 0.3 is 0 Å². The maximum absolute atomic E-state index is 12.7. The third-order valence-electron chi connectivity index (χ3n) is 4.08. The van der Waals surface area contributed by atoms with Crippen LogP contribution in [0.4, 0.5) is 0 Å². The lowest BCUT2D eigenvalue weighted by atomic mass is 9.92. The van der Waals surface area contributed by atoms with Crippen LogP contribution in [0.2, 0.25) is 0 Å². The SMILES string of the molecule is CC(N)C1CCCN(C(=O)c2cc(Br)cn2C(C)C)C1.Cl. The molecule has 1 aromatic heterocycles. The van der Waals surface area contributed by atoms with Crippen molar-refractivity contribution in [3.63, 3.8) is 0 Å². The van der Waals surface area contributed by atoms with E-state index in [4.69, 9.17) is 5.73 Å². The van der Waals surface area contributed by atoms with Crippen LogP contribution in [0.25, 0.3) is 0 Å². The number of rotatable bonds is 3. The lowest BCUT2D eigenvalue weighted by Gasteiger charge is -2.35. The van der Waals surface area contributed by atoms with Crippen molar-refractivity contribution in [2.24, 2.45) is 11.7 Å². The molecular weight excluding hydrogens is 354 g/mol. The number of halogens is 2. The van der Waals surface area contributed by atoms with E-state index in [1.54, 1.807) is 0 Å². The van der Waals surface area contributed by atoms with Crippen LogP contribution in [-0.2, 0) is 0 Å². The average Bonchev–Trinajstić information content (AvgIpc) is 2.80. The molecule has 2 unspecified atom stereocenters. The molecule has 0 saturated carbocycles. The van der Waals surface area contributed by atoms with Crippen LogP contribution < -0.4 is 5.73 Å². The van der Waals surface area contributed by atoms with E-state index < -0.39 is 0 Å². The number of nitrogens with two attached hydrogens (primary N) is 1. The normalized spacial score (nSPS) is 20.3. The molecule has 6 heteroatoms. The number of likely N-dealkylation sites (tertiary alicyclic amines) is 1. The number of nitrogens with zero attached hydrogens (tertiary/aromatic N) is 2. The quantitative estimate of drug-likeness (QED) is 0.875. The zero-order valence-electron chi connectivity index (χ0n) is 12.9. The zero-order valence-corrected chi connectivity index (χ0v) is 15.3. The molecule has 1 saturated heterocycles. The van der Waals surface area contributed by atoms with Crippen LogP contribution in [0.15, 0.2) is 16.7 Å². The maximum Gasteiger partial charge on any atom is 0.270 e. The van der Waals surface area contributed by atoms with Gasteiger partial charge in [-0.2, -0.15) is 0 Å². The molecule has 4 nitrogen and oxygen atoms in total. The molecule has 2 rings (SSSR count). The standard InChI is InChI=1S/C15H24BrN3O.ClH/c1-10(2)19-9-13(16)7-14(19)15(20)18-6-4-5-12(8-18)11(3)17;/h7,9-12H,4-6,8,17H2,1-3H3;1H. The highest BCUT2D eigenvalue weighted by Gasteiger charge is 2.28. The van der Waals surface area contributed by atoms with Crippen molar-refractivity contribution in [2.45, 2.75) is 45.7 Å². The number of amides is 1. The molecule has 120 valence electrons. The van der Waals surface area contributed by atoms with E-state index in [1.807, 2.05) is 28.7 Å². The van der Waals surface area contributed by atoms with Crippen molar-refractivity contribution in [3.8, 4) is 0 Å². The van der Waals surface area contributed by atoms with Crippen molar-refractivity contribution in [3.05, 3.63) is 22.4 Å². The van der Waals surface area contributed by atoms with E-state index in [2.05, 4.69) is 29.8 Å². The fourth-order valence-electron chi connectivity index (χ4n) is 2.83. The highest BCUT2D eigenvalue weighted by Crippen LogP contribution is 2.24. The van der Waals surface area contributed by atoms with Crippen molar-refractivity contribution in [2.75, 3.05) is 13.1 Å². The largest absolute Gasteiger partial charge is 0.340 e. The minimum Gasteiger partial charge on any atom is -0.340 e. The van der Waals surface area contributed by atoms with E-state index in [9.17, 15) is 4.79 Å². The Morgan fingerprint density at radius 3 is 2.67 bits per heavy atom. The monoisotopic (exact) mass is 377 g/mol. The minimum absolute atomic E-state index is 0. The molecule has 21 heavy (non-hydrogen) atoms. The third-order valence-corrected chi connectivity index (χ3v) is 4.51. The fourth-order valence-corrected chi connectivity index (χ4v) is 3.27. The number of carbonyl (C=O) groups is 1. The van der Waals surface area contributed by atoms with Gasteiger partial charge in [-0.05, 0) is 61.5 Å². The first-order chi connectivity index (χ1) is 9.40. The molecule has 1 aromatic rings. The first-order valence-electron chi connectivity index (χ1n) is 7.32. The summed E-state index contributed by atoms with van der Waals surface area (Å²) in [5, 5.41) is 0. The van der Waals surface area contributed by atoms with Gasteiger partial charge in [-0.3, -0.25) is 4.79 Å². The first kappa shape index (κ1) is 18.5. The third kappa shape index (κ3) is 4.24. The smallest absolute Gasteiger partial charge is 0.270 e. The molecule has 0 radical (unpaired) electrons. The van der Waals surface area contributed by atoms with Gasteiger partial charge in [0.2, 0.25) is 0 Å². The van der Waals surface area contributed by atoms with E-state index in [0.717, 1.165) is 36.1 Å². The van der Waals surface area contributed by atoms with Gasteiger partial charge in [0, 0.05) is 35.8 Å². The number of hydrogen-bond donors (Lipinski definition) is 1. The van der Waals surface area contributed by atoms with Gasteiger partial charge in [0.1, 0.15) is 5.69 Å². The van der Waals surface area contributed by atoms with Crippen molar-refractivity contribution >= 4 is 34.2 Å². The molecule has 1 aliphatic rings. The Labute approximate surface area is 141 Å². The molecule has 0 spiro atoms. The number of hydrogen-bond acceptors (Lipinski definition) is 2. The van der Waals surface area contributed by atoms with Gasteiger partial charge in [0.15, 0.2) is 0 Å². The van der Waals surface area contributed by atoms with Gasteiger partial charge in [-0.25, -0.2) is 0 Å². The molecule has 1 fully saturated rings. The lowest BCUT2D eigenvalue weighted by Crippen LogP contribution is -2.45.